The van der Waals surface area contributed by atoms with E-state index in [-0.39, 0.29) is 0 Å². The van der Waals surface area contributed by atoms with E-state index >= 15 is 0 Å². The van der Waals surface area contributed by atoms with Crippen LogP contribution in [0.25, 0.3) is 0 Å². The molecule has 84 valence electrons. The van der Waals surface area contributed by atoms with E-state index in [2.05, 4.69) is 22.6 Å². The zero-order valence-electron chi connectivity index (χ0n) is 9.31. The molecule has 0 saturated carbocycles. The lowest BCUT2D eigenvalue weighted by Gasteiger charge is -2.27. The summed E-state index contributed by atoms with van der Waals surface area (Å²) < 4.78 is 7.22. The third kappa shape index (κ3) is 3.00. The predicted molar refractivity (Wildman–Crippen MR) is 56.3 cm³/mol. The van der Waals surface area contributed by atoms with Gasteiger partial charge < -0.3 is 10.1 Å². The third-order valence-corrected chi connectivity index (χ3v) is 2.71. The highest BCUT2D eigenvalue weighted by Crippen LogP contribution is 2.13. The normalized spacial score (nSPS) is 26.8. The first-order valence-corrected chi connectivity index (χ1v) is 5.44. The number of aryl methyl sites for hydroxylation is 1. The van der Waals surface area contributed by atoms with Crippen LogP contribution in [-0.2, 0) is 18.3 Å². The summed E-state index contributed by atoms with van der Waals surface area (Å²) in [5.74, 6) is 0. The van der Waals surface area contributed by atoms with E-state index in [0.29, 0.717) is 12.1 Å². The molecular weight excluding hydrogens is 192 g/mol. The summed E-state index contributed by atoms with van der Waals surface area (Å²) in [4.78, 5) is 0. The summed E-state index contributed by atoms with van der Waals surface area (Å²) in [7, 11) is 1.88. The van der Waals surface area contributed by atoms with Crippen molar-refractivity contribution in [2.45, 2.75) is 38.5 Å². The van der Waals surface area contributed by atoms with Crippen LogP contribution in [0.5, 0.6) is 0 Å². The Morgan fingerprint density at radius 1 is 1.67 bits per heavy atom. The van der Waals surface area contributed by atoms with Crippen molar-refractivity contribution in [1.82, 2.24) is 20.3 Å². The topological polar surface area (TPSA) is 52.0 Å². The maximum absolute atomic E-state index is 5.49. The molecule has 1 N–H and O–H groups in total. The van der Waals surface area contributed by atoms with Gasteiger partial charge in [0.1, 0.15) is 0 Å². The summed E-state index contributed by atoms with van der Waals surface area (Å²) in [6, 6.07) is 0.552. The first-order chi connectivity index (χ1) is 7.24. The Bertz CT molecular complexity index is 312. The van der Waals surface area contributed by atoms with E-state index in [1.807, 2.05) is 13.2 Å². The molecule has 1 aliphatic rings. The van der Waals surface area contributed by atoms with Crippen molar-refractivity contribution in [3.8, 4) is 0 Å². The monoisotopic (exact) mass is 210 g/mol. The van der Waals surface area contributed by atoms with E-state index in [1.165, 1.54) is 0 Å². The number of aromatic nitrogens is 3. The Kier molecular flexibility index (Phi) is 3.33. The summed E-state index contributed by atoms with van der Waals surface area (Å²) in [5.41, 5.74) is 0.997. The quantitative estimate of drug-likeness (QED) is 0.788. The average molecular weight is 210 g/mol. The van der Waals surface area contributed by atoms with Crippen LogP contribution in [0.15, 0.2) is 6.20 Å². The molecule has 0 aliphatic carbocycles. The van der Waals surface area contributed by atoms with Gasteiger partial charge in [-0.25, -0.2) is 0 Å². The lowest BCUT2D eigenvalue weighted by Crippen LogP contribution is -2.37. The molecule has 5 nitrogen and oxygen atoms in total. The highest BCUT2D eigenvalue weighted by atomic mass is 16.5. The first-order valence-electron chi connectivity index (χ1n) is 5.44. The SMILES string of the molecule is CC1CC(NCc2cn(C)nn2)CCO1. The standard InChI is InChI=1S/C10H18N4O/c1-8-5-9(3-4-15-8)11-6-10-7-14(2)13-12-10/h7-9,11H,3-6H2,1-2H3. The van der Waals surface area contributed by atoms with Gasteiger partial charge >= 0.3 is 0 Å². The van der Waals surface area contributed by atoms with Crippen LogP contribution in [0.1, 0.15) is 25.5 Å². The van der Waals surface area contributed by atoms with Crippen LogP contribution in [0.3, 0.4) is 0 Å². The van der Waals surface area contributed by atoms with Gasteiger partial charge in [-0.15, -0.1) is 5.10 Å². The Hall–Kier alpha value is -0.940. The van der Waals surface area contributed by atoms with Crippen LogP contribution >= 0.6 is 0 Å². The van der Waals surface area contributed by atoms with E-state index < -0.39 is 0 Å². The molecule has 2 unspecified atom stereocenters. The molecule has 1 saturated heterocycles. The van der Waals surface area contributed by atoms with Crippen molar-refractivity contribution in [1.29, 1.82) is 0 Å². The largest absolute Gasteiger partial charge is 0.378 e. The van der Waals surface area contributed by atoms with Gasteiger partial charge in [-0.1, -0.05) is 5.21 Å². The highest BCUT2D eigenvalue weighted by molar-refractivity contribution is 4.92. The molecule has 2 heterocycles. The molecule has 1 aromatic rings. The van der Waals surface area contributed by atoms with Gasteiger partial charge in [-0.2, -0.15) is 0 Å². The number of hydrogen-bond acceptors (Lipinski definition) is 4. The lowest BCUT2D eigenvalue weighted by molar-refractivity contribution is 0.0130. The maximum Gasteiger partial charge on any atom is 0.0964 e. The summed E-state index contributed by atoms with van der Waals surface area (Å²) in [6.07, 6.45) is 4.48. The molecule has 1 fully saturated rings. The van der Waals surface area contributed by atoms with E-state index in [0.717, 1.165) is 31.7 Å². The number of ether oxygens (including phenoxy) is 1. The second-order valence-corrected chi connectivity index (χ2v) is 4.17. The second-order valence-electron chi connectivity index (χ2n) is 4.17. The van der Waals surface area contributed by atoms with Gasteiger partial charge in [0.05, 0.1) is 11.8 Å². The zero-order valence-corrected chi connectivity index (χ0v) is 9.31. The Balaban J connectivity index is 1.77. The zero-order chi connectivity index (χ0) is 10.7. The Morgan fingerprint density at radius 3 is 3.20 bits per heavy atom. The fourth-order valence-electron chi connectivity index (χ4n) is 1.91. The van der Waals surface area contributed by atoms with Gasteiger partial charge in [0.2, 0.25) is 0 Å². The minimum absolute atomic E-state index is 0.373. The van der Waals surface area contributed by atoms with Crippen molar-refractivity contribution < 1.29 is 4.74 Å². The van der Waals surface area contributed by atoms with Crippen LogP contribution in [-0.4, -0.2) is 33.7 Å². The Morgan fingerprint density at radius 2 is 2.53 bits per heavy atom. The van der Waals surface area contributed by atoms with Crippen LogP contribution in [0, 0.1) is 0 Å². The molecule has 2 atom stereocenters. The predicted octanol–water partition coefficient (Wildman–Crippen LogP) is 0.472. The summed E-state index contributed by atoms with van der Waals surface area (Å²) in [6.45, 7) is 3.78. The molecule has 0 radical (unpaired) electrons. The molecule has 0 aromatic carbocycles. The van der Waals surface area contributed by atoms with Gasteiger partial charge in [0, 0.05) is 32.4 Å². The Labute approximate surface area is 89.8 Å². The van der Waals surface area contributed by atoms with Gasteiger partial charge in [0.15, 0.2) is 0 Å². The smallest absolute Gasteiger partial charge is 0.0964 e. The van der Waals surface area contributed by atoms with Crippen molar-refractivity contribution >= 4 is 0 Å². The van der Waals surface area contributed by atoms with Crippen molar-refractivity contribution in [3.05, 3.63) is 11.9 Å². The minimum Gasteiger partial charge on any atom is -0.378 e. The van der Waals surface area contributed by atoms with Crippen molar-refractivity contribution in [2.75, 3.05) is 6.61 Å². The number of rotatable bonds is 3. The number of hydrogen-bond donors (Lipinski definition) is 1. The van der Waals surface area contributed by atoms with Gasteiger partial charge in [0.25, 0.3) is 0 Å². The number of nitrogens with one attached hydrogen (secondary N) is 1. The molecule has 15 heavy (non-hydrogen) atoms. The molecule has 0 amide bonds. The van der Waals surface area contributed by atoms with Gasteiger partial charge in [-0.05, 0) is 19.8 Å². The lowest BCUT2D eigenvalue weighted by atomic mass is 10.0. The average Bonchev–Trinajstić information content (AvgIpc) is 2.62. The van der Waals surface area contributed by atoms with Crippen LogP contribution in [0.4, 0.5) is 0 Å². The van der Waals surface area contributed by atoms with E-state index in [9.17, 15) is 0 Å². The van der Waals surface area contributed by atoms with Crippen LogP contribution < -0.4 is 5.32 Å². The minimum atomic E-state index is 0.373. The van der Waals surface area contributed by atoms with E-state index in [1.54, 1.807) is 4.68 Å². The molecule has 1 aliphatic heterocycles. The fourth-order valence-corrected chi connectivity index (χ4v) is 1.91. The van der Waals surface area contributed by atoms with Gasteiger partial charge in [-0.3, -0.25) is 4.68 Å². The highest BCUT2D eigenvalue weighted by Gasteiger charge is 2.18. The summed E-state index contributed by atoms with van der Waals surface area (Å²) >= 11 is 0. The molecular formula is C10H18N4O. The van der Waals surface area contributed by atoms with Crippen molar-refractivity contribution in [3.63, 3.8) is 0 Å². The molecule has 0 spiro atoms. The maximum atomic E-state index is 5.49. The molecule has 5 heteroatoms. The van der Waals surface area contributed by atoms with Crippen molar-refractivity contribution in [2.24, 2.45) is 7.05 Å². The molecule has 1 aromatic heterocycles. The molecule has 2 rings (SSSR count). The summed E-state index contributed by atoms with van der Waals surface area (Å²) in [5, 5.41) is 11.4. The third-order valence-electron chi connectivity index (χ3n) is 2.71. The van der Waals surface area contributed by atoms with E-state index in [4.69, 9.17) is 4.74 Å². The fraction of sp³-hybridized carbons (Fsp3) is 0.800. The molecule has 0 bridgehead atoms. The second kappa shape index (κ2) is 4.72. The first kappa shape index (κ1) is 10.6. The number of nitrogens with zero attached hydrogens (tertiary/aromatic N) is 3. The van der Waals surface area contributed by atoms with Crippen LogP contribution in [0.2, 0.25) is 0 Å².